The Kier molecular flexibility index (Phi) is 5.35. The van der Waals surface area contributed by atoms with Gasteiger partial charge in [-0.25, -0.2) is 0 Å². The zero-order chi connectivity index (χ0) is 15.1. The van der Waals surface area contributed by atoms with Gasteiger partial charge in [-0.2, -0.15) is 0 Å². The summed E-state index contributed by atoms with van der Waals surface area (Å²) in [6.45, 7) is 0.902. The van der Waals surface area contributed by atoms with Crippen LogP contribution in [0.15, 0.2) is 54.6 Å². The summed E-state index contributed by atoms with van der Waals surface area (Å²) >= 11 is 0. The lowest BCUT2D eigenvalue weighted by atomic mass is 10.2. The minimum Gasteiger partial charge on any atom is -0.489 e. The van der Waals surface area contributed by atoms with Gasteiger partial charge in [-0.1, -0.05) is 30.3 Å². The molecule has 1 N–H and O–H groups in total. The first-order valence-electron chi connectivity index (χ1n) is 6.85. The number of hydrogen-bond acceptors (Lipinski definition) is 3. The van der Waals surface area contributed by atoms with Crippen LogP contribution in [0, 0.1) is 0 Å². The van der Waals surface area contributed by atoms with E-state index in [-0.39, 0.29) is 5.91 Å². The monoisotopic (exact) mass is 284 g/mol. The number of ether oxygens (including phenoxy) is 1. The molecule has 0 radical (unpaired) electrons. The van der Waals surface area contributed by atoms with Crippen molar-refractivity contribution in [2.24, 2.45) is 0 Å². The predicted molar refractivity (Wildman–Crippen MR) is 84.4 cm³/mol. The van der Waals surface area contributed by atoms with Gasteiger partial charge in [-0.3, -0.25) is 4.79 Å². The summed E-state index contributed by atoms with van der Waals surface area (Å²) in [5.74, 6) is 0.752. The van der Waals surface area contributed by atoms with Crippen molar-refractivity contribution < 1.29 is 9.53 Å². The van der Waals surface area contributed by atoms with Crippen LogP contribution in [0.3, 0.4) is 0 Å². The molecule has 21 heavy (non-hydrogen) atoms. The number of amides is 1. The van der Waals surface area contributed by atoms with Gasteiger partial charge in [-0.05, 0) is 43.9 Å². The third kappa shape index (κ3) is 5.28. The van der Waals surface area contributed by atoms with E-state index in [1.165, 1.54) is 0 Å². The van der Waals surface area contributed by atoms with Crippen LogP contribution in [0.25, 0.3) is 0 Å². The molecule has 0 aromatic heterocycles. The van der Waals surface area contributed by atoms with E-state index in [1.807, 2.05) is 73.6 Å². The summed E-state index contributed by atoms with van der Waals surface area (Å²) in [5, 5.41) is 2.84. The fourth-order valence-corrected chi connectivity index (χ4v) is 1.86. The Bertz CT molecular complexity index is 565. The quantitative estimate of drug-likeness (QED) is 0.887. The highest BCUT2D eigenvalue weighted by Crippen LogP contribution is 2.17. The number of hydrogen-bond donors (Lipinski definition) is 1. The third-order valence-corrected chi connectivity index (χ3v) is 2.85. The molecule has 2 rings (SSSR count). The lowest BCUT2D eigenvalue weighted by molar-refractivity contribution is -0.116. The largest absolute Gasteiger partial charge is 0.489 e. The Morgan fingerprint density at radius 3 is 2.33 bits per heavy atom. The van der Waals surface area contributed by atoms with Crippen molar-refractivity contribution in [3.8, 4) is 5.75 Å². The topological polar surface area (TPSA) is 41.6 Å². The first kappa shape index (κ1) is 15.1. The van der Waals surface area contributed by atoms with E-state index in [0.29, 0.717) is 13.2 Å². The number of likely N-dealkylation sites (N-methyl/N-ethyl adjacent to an activating group) is 1. The number of nitrogens with one attached hydrogen (secondary N) is 1. The lowest BCUT2D eigenvalue weighted by Crippen LogP contribution is -2.27. The average molecular weight is 284 g/mol. The van der Waals surface area contributed by atoms with E-state index in [2.05, 4.69) is 5.32 Å². The molecule has 0 aliphatic rings. The van der Waals surface area contributed by atoms with Gasteiger partial charge in [-0.15, -0.1) is 0 Å². The highest BCUT2D eigenvalue weighted by molar-refractivity contribution is 5.92. The summed E-state index contributed by atoms with van der Waals surface area (Å²) in [5.41, 5.74) is 1.90. The fraction of sp³-hybridized carbons (Fsp3) is 0.235. The van der Waals surface area contributed by atoms with Crippen molar-refractivity contribution in [3.63, 3.8) is 0 Å². The van der Waals surface area contributed by atoms with Crippen LogP contribution >= 0.6 is 0 Å². The molecule has 4 heteroatoms. The smallest absolute Gasteiger partial charge is 0.238 e. The molecule has 0 bridgehead atoms. The maximum atomic E-state index is 11.6. The van der Waals surface area contributed by atoms with Crippen LogP contribution in [0.2, 0.25) is 0 Å². The van der Waals surface area contributed by atoms with Gasteiger partial charge in [0.1, 0.15) is 12.4 Å². The SMILES string of the molecule is CN(C)CC(=O)Nc1ccc(OCc2ccccc2)cc1. The maximum Gasteiger partial charge on any atom is 0.238 e. The lowest BCUT2D eigenvalue weighted by Gasteiger charge is -2.11. The molecule has 0 heterocycles. The molecular weight excluding hydrogens is 264 g/mol. The van der Waals surface area contributed by atoms with Gasteiger partial charge in [0, 0.05) is 5.69 Å². The Balaban J connectivity index is 1.86. The highest BCUT2D eigenvalue weighted by Gasteiger charge is 2.03. The molecule has 110 valence electrons. The van der Waals surface area contributed by atoms with Crippen LogP contribution in [-0.4, -0.2) is 31.4 Å². The molecule has 0 fully saturated rings. The van der Waals surface area contributed by atoms with Crippen molar-refractivity contribution in [1.29, 1.82) is 0 Å². The standard InChI is InChI=1S/C17H20N2O2/c1-19(2)12-17(20)18-15-8-10-16(11-9-15)21-13-14-6-4-3-5-7-14/h3-11H,12-13H2,1-2H3,(H,18,20). The normalized spacial score (nSPS) is 10.4. The molecule has 0 aliphatic heterocycles. The van der Waals surface area contributed by atoms with Gasteiger partial charge < -0.3 is 15.0 Å². The van der Waals surface area contributed by atoms with E-state index in [0.717, 1.165) is 17.0 Å². The first-order valence-corrected chi connectivity index (χ1v) is 6.85. The van der Waals surface area contributed by atoms with Crippen molar-refractivity contribution in [2.75, 3.05) is 26.0 Å². The van der Waals surface area contributed by atoms with Crippen molar-refractivity contribution in [1.82, 2.24) is 4.90 Å². The number of nitrogens with zero attached hydrogens (tertiary/aromatic N) is 1. The number of anilines is 1. The number of carbonyl (C=O) groups excluding carboxylic acids is 1. The Morgan fingerprint density at radius 2 is 1.71 bits per heavy atom. The van der Waals surface area contributed by atoms with E-state index < -0.39 is 0 Å². The summed E-state index contributed by atoms with van der Waals surface area (Å²) in [7, 11) is 3.72. The Hall–Kier alpha value is -2.33. The minimum atomic E-state index is -0.0297. The van der Waals surface area contributed by atoms with E-state index in [9.17, 15) is 4.79 Å². The van der Waals surface area contributed by atoms with E-state index >= 15 is 0 Å². The van der Waals surface area contributed by atoms with Crippen LogP contribution in [0.4, 0.5) is 5.69 Å². The molecule has 0 saturated heterocycles. The van der Waals surface area contributed by atoms with Gasteiger partial charge in [0.25, 0.3) is 0 Å². The molecule has 0 spiro atoms. The fourth-order valence-electron chi connectivity index (χ4n) is 1.86. The molecule has 1 amide bonds. The van der Waals surface area contributed by atoms with Crippen LogP contribution in [-0.2, 0) is 11.4 Å². The molecule has 0 unspecified atom stereocenters. The van der Waals surface area contributed by atoms with Crippen LogP contribution < -0.4 is 10.1 Å². The second-order valence-electron chi connectivity index (χ2n) is 5.08. The Labute approximate surface area is 125 Å². The summed E-state index contributed by atoms with van der Waals surface area (Å²) < 4.78 is 5.70. The second kappa shape index (κ2) is 7.45. The van der Waals surface area contributed by atoms with Crippen molar-refractivity contribution in [3.05, 3.63) is 60.2 Å². The van der Waals surface area contributed by atoms with Crippen LogP contribution in [0.1, 0.15) is 5.56 Å². The zero-order valence-electron chi connectivity index (χ0n) is 12.4. The average Bonchev–Trinajstić information content (AvgIpc) is 2.47. The van der Waals surface area contributed by atoms with Crippen molar-refractivity contribution >= 4 is 11.6 Å². The van der Waals surface area contributed by atoms with Crippen molar-refractivity contribution in [2.45, 2.75) is 6.61 Å². The summed E-state index contributed by atoms with van der Waals surface area (Å²) in [4.78, 5) is 13.5. The number of rotatable bonds is 6. The molecule has 2 aromatic rings. The summed E-state index contributed by atoms with van der Waals surface area (Å²) in [6, 6.07) is 17.4. The molecule has 0 saturated carbocycles. The highest BCUT2D eigenvalue weighted by atomic mass is 16.5. The van der Waals surface area contributed by atoms with Gasteiger partial charge >= 0.3 is 0 Å². The first-order chi connectivity index (χ1) is 10.1. The van der Waals surface area contributed by atoms with E-state index in [4.69, 9.17) is 4.74 Å². The maximum absolute atomic E-state index is 11.6. The van der Waals surface area contributed by atoms with Gasteiger partial charge in [0.05, 0.1) is 6.54 Å². The molecule has 0 atom stereocenters. The minimum absolute atomic E-state index is 0.0297. The molecule has 0 aliphatic carbocycles. The Morgan fingerprint density at radius 1 is 1.05 bits per heavy atom. The second-order valence-corrected chi connectivity index (χ2v) is 5.08. The third-order valence-electron chi connectivity index (χ3n) is 2.85. The molecule has 2 aromatic carbocycles. The molecular formula is C17H20N2O2. The molecule has 4 nitrogen and oxygen atoms in total. The summed E-state index contributed by atoms with van der Waals surface area (Å²) in [6.07, 6.45) is 0. The number of carbonyl (C=O) groups is 1. The predicted octanol–water partition coefficient (Wildman–Crippen LogP) is 2.77. The van der Waals surface area contributed by atoms with E-state index in [1.54, 1.807) is 0 Å². The van der Waals surface area contributed by atoms with Gasteiger partial charge in [0.2, 0.25) is 5.91 Å². The van der Waals surface area contributed by atoms with Gasteiger partial charge in [0.15, 0.2) is 0 Å². The van der Waals surface area contributed by atoms with Crippen LogP contribution in [0.5, 0.6) is 5.75 Å². The zero-order valence-corrected chi connectivity index (χ0v) is 12.4. The number of benzene rings is 2.